The Morgan fingerprint density at radius 3 is 2.79 bits per heavy atom. The normalized spacial score (nSPS) is 11.0. The van der Waals surface area contributed by atoms with Crippen molar-refractivity contribution in [1.29, 1.82) is 0 Å². The number of rotatable bonds is 3. The van der Waals surface area contributed by atoms with Gasteiger partial charge in [0.1, 0.15) is 0 Å². The first-order valence-electron chi connectivity index (χ1n) is 5.46. The van der Waals surface area contributed by atoms with Crippen molar-refractivity contribution in [2.24, 2.45) is 0 Å². The number of pyridine rings is 1. The summed E-state index contributed by atoms with van der Waals surface area (Å²) in [7, 11) is 0. The Balaban J connectivity index is 2.03. The lowest BCUT2D eigenvalue weighted by atomic mass is 10.2. The van der Waals surface area contributed by atoms with Gasteiger partial charge in [-0.3, -0.25) is 4.98 Å². The smallest absolute Gasteiger partial charge is 0.179 e. The first-order valence-corrected chi connectivity index (χ1v) is 8.32. The lowest BCUT2D eigenvalue weighted by Crippen LogP contribution is -1.90. The van der Waals surface area contributed by atoms with Crippen molar-refractivity contribution in [3.05, 3.63) is 30.5 Å². The third-order valence-corrected chi connectivity index (χ3v) is 5.55. The Kier molecular flexibility index (Phi) is 3.58. The van der Waals surface area contributed by atoms with Crippen LogP contribution in [-0.4, -0.2) is 21.4 Å². The van der Waals surface area contributed by atoms with Gasteiger partial charge in [0, 0.05) is 16.5 Å². The van der Waals surface area contributed by atoms with Crippen LogP contribution in [0, 0.1) is 0 Å². The molecule has 0 aliphatic heterocycles. The minimum absolute atomic E-state index is 0.696. The maximum Gasteiger partial charge on any atom is 0.179 e. The molecule has 3 aromatic rings. The molecule has 0 fully saturated rings. The SMILES string of the molecule is CSc1nnc(Sc2ccc(N)c3ncccc23)s1. The van der Waals surface area contributed by atoms with E-state index in [1.807, 2.05) is 30.5 Å². The van der Waals surface area contributed by atoms with Gasteiger partial charge in [-0.2, -0.15) is 0 Å². The zero-order valence-electron chi connectivity index (χ0n) is 10.0. The van der Waals surface area contributed by atoms with E-state index in [0.29, 0.717) is 5.69 Å². The molecule has 2 aromatic heterocycles. The van der Waals surface area contributed by atoms with Crippen LogP contribution in [-0.2, 0) is 0 Å². The molecule has 0 radical (unpaired) electrons. The number of nitrogen functional groups attached to an aromatic ring is 1. The number of nitrogens with two attached hydrogens (primary N) is 1. The summed E-state index contributed by atoms with van der Waals surface area (Å²) in [6.45, 7) is 0. The van der Waals surface area contributed by atoms with Crippen LogP contribution < -0.4 is 5.73 Å². The summed E-state index contributed by atoms with van der Waals surface area (Å²) in [6, 6.07) is 7.83. The van der Waals surface area contributed by atoms with Crippen LogP contribution in [0.2, 0.25) is 0 Å². The van der Waals surface area contributed by atoms with E-state index in [2.05, 4.69) is 15.2 Å². The predicted molar refractivity (Wildman–Crippen MR) is 82.0 cm³/mol. The predicted octanol–water partition coefficient (Wildman–Crippen LogP) is 3.54. The van der Waals surface area contributed by atoms with Gasteiger partial charge in [-0.15, -0.1) is 10.2 Å². The van der Waals surface area contributed by atoms with Crippen LogP contribution in [0.5, 0.6) is 0 Å². The van der Waals surface area contributed by atoms with Gasteiger partial charge in [0.25, 0.3) is 0 Å². The monoisotopic (exact) mass is 306 g/mol. The summed E-state index contributed by atoms with van der Waals surface area (Å²) in [5.74, 6) is 0. The number of hydrogen-bond acceptors (Lipinski definition) is 7. The number of aromatic nitrogens is 3. The Bertz CT molecular complexity index is 726. The van der Waals surface area contributed by atoms with E-state index >= 15 is 0 Å². The second-order valence-corrected chi connectivity index (χ2v) is 7.01. The molecule has 7 heteroatoms. The molecule has 96 valence electrons. The number of nitrogens with zero attached hydrogens (tertiary/aromatic N) is 3. The highest BCUT2D eigenvalue weighted by Gasteiger charge is 2.09. The number of hydrogen-bond donors (Lipinski definition) is 1. The number of benzene rings is 1. The second-order valence-electron chi connectivity index (χ2n) is 3.69. The highest BCUT2D eigenvalue weighted by Crippen LogP contribution is 2.37. The van der Waals surface area contributed by atoms with Gasteiger partial charge >= 0.3 is 0 Å². The molecule has 0 bridgehead atoms. The zero-order valence-corrected chi connectivity index (χ0v) is 12.5. The third-order valence-electron chi connectivity index (χ3n) is 2.52. The lowest BCUT2D eigenvalue weighted by molar-refractivity contribution is 0.956. The van der Waals surface area contributed by atoms with Gasteiger partial charge in [0.05, 0.1) is 11.2 Å². The van der Waals surface area contributed by atoms with Crippen molar-refractivity contribution in [1.82, 2.24) is 15.2 Å². The Labute approximate surface area is 122 Å². The molecule has 0 saturated heterocycles. The number of anilines is 1. The molecular formula is C12H10N4S3. The molecule has 0 spiro atoms. The molecule has 1 aromatic carbocycles. The van der Waals surface area contributed by atoms with E-state index in [4.69, 9.17) is 5.73 Å². The molecule has 0 aliphatic carbocycles. The van der Waals surface area contributed by atoms with Gasteiger partial charge in [0.2, 0.25) is 0 Å². The molecule has 0 atom stereocenters. The summed E-state index contributed by atoms with van der Waals surface area (Å²) in [6.07, 6.45) is 3.75. The molecule has 0 amide bonds. The summed E-state index contributed by atoms with van der Waals surface area (Å²) >= 11 is 4.80. The third kappa shape index (κ3) is 2.54. The van der Waals surface area contributed by atoms with E-state index in [0.717, 1.165) is 24.5 Å². The van der Waals surface area contributed by atoms with Crippen molar-refractivity contribution in [2.45, 2.75) is 13.6 Å². The fourth-order valence-corrected chi connectivity index (χ4v) is 4.19. The second kappa shape index (κ2) is 5.36. The molecule has 0 aliphatic rings. The van der Waals surface area contributed by atoms with Crippen molar-refractivity contribution >= 4 is 51.5 Å². The zero-order chi connectivity index (χ0) is 13.2. The fraction of sp³-hybridized carbons (Fsp3) is 0.0833. The van der Waals surface area contributed by atoms with Crippen LogP contribution in [0.3, 0.4) is 0 Å². The average Bonchev–Trinajstić information content (AvgIpc) is 2.90. The number of thioether (sulfide) groups is 1. The quantitative estimate of drug-likeness (QED) is 0.590. The maximum absolute atomic E-state index is 5.94. The highest BCUT2D eigenvalue weighted by atomic mass is 32.2. The molecular weight excluding hydrogens is 296 g/mol. The van der Waals surface area contributed by atoms with Crippen molar-refractivity contribution in [2.75, 3.05) is 12.0 Å². The van der Waals surface area contributed by atoms with Crippen LogP contribution >= 0.6 is 34.9 Å². The Morgan fingerprint density at radius 1 is 1.16 bits per heavy atom. The van der Waals surface area contributed by atoms with Crippen molar-refractivity contribution < 1.29 is 0 Å². The lowest BCUT2D eigenvalue weighted by Gasteiger charge is -2.05. The average molecular weight is 306 g/mol. The molecule has 2 heterocycles. The molecule has 4 nitrogen and oxygen atoms in total. The fourth-order valence-electron chi connectivity index (χ4n) is 1.67. The van der Waals surface area contributed by atoms with Crippen LogP contribution in [0.4, 0.5) is 5.69 Å². The van der Waals surface area contributed by atoms with Gasteiger partial charge in [-0.25, -0.2) is 0 Å². The van der Waals surface area contributed by atoms with E-state index in [1.54, 1.807) is 41.1 Å². The van der Waals surface area contributed by atoms with Crippen molar-refractivity contribution in [3.63, 3.8) is 0 Å². The minimum Gasteiger partial charge on any atom is -0.397 e. The minimum atomic E-state index is 0.696. The van der Waals surface area contributed by atoms with E-state index in [9.17, 15) is 0 Å². The Hall–Kier alpha value is -1.31. The van der Waals surface area contributed by atoms with Crippen LogP contribution in [0.15, 0.2) is 44.0 Å². The molecule has 0 saturated carbocycles. The largest absolute Gasteiger partial charge is 0.397 e. The topological polar surface area (TPSA) is 64.7 Å². The summed E-state index contributed by atoms with van der Waals surface area (Å²) in [5, 5.41) is 9.32. The van der Waals surface area contributed by atoms with Gasteiger partial charge in [-0.05, 0) is 24.5 Å². The summed E-state index contributed by atoms with van der Waals surface area (Å²) < 4.78 is 1.90. The van der Waals surface area contributed by atoms with Crippen molar-refractivity contribution in [3.8, 4) is 0 Å². The molecule has 3 rings (SSSR count). The standard InChI is InChI=1S/C12H10N4S3/c1-17-11-15-16-12(19-11)18-9-5-4-8(13)10-7(9)3-2-6-14-10/h2-6H,13H2,1H3. The number of fused-ring (bicyclic) bond motifs is 1. The Morgan fingerprint density at radius 2 is 2.00 bits per heavy atom. The molecule has 19 heavy (non-hydrogen) atoms. The first kappa shape index (κ1) is 12.7. The van der Waals surface area contributed by atoms with E-state index in [1.165, 1.54) is 0 Å². The molecule has 0 unspecified atom stereocenters. The summed E-state index contributed by atoms with van der Waals surface area (Å²) in [4.78, 5) is 5.43. The molecule has 2 N–H and O–H groups in total. The van der Waals surface area contributed by atoms with E-state index in [-0.39, 0.29) is 0 Å². The van der Waals surface area contributed by atoms with E-state index < -0.39 is 0 Å². The van der Waals surface area contributed by atoms with Gasteiger partial charge in [-0.1, -0.05) is 40.9 Å². The van der Waals surface area contributed by atoms with Crippen LogP contribution in [0.25, 0.3) is 10.9 Å². The maximum atomic E-state index is 5.94. The van der Waals surface area contributed by atoms with Crippen LogP contribution in [0.1, 0.15) is 0 Å². The first-order chi connectivity index (χ1) is 9.28. The van der Waals surface area contributed by atoms with Gasteiger partial charge in [0.15, 0.2) is 8.68 Å². The summed E-state index contributed by atoms with van der Waals surface area (Å²) in [5.41, 5.74) is 7.48. The highest BCUT2D eigenvalue weighted by molar-refractivity contribution is 8.03. The van der Waals surface area contributed by atoms with Gasteiger partial charge < -0.3 is 5.73 Å².